The molecule has 334 valence electrons. The highest BCUT2D eigenvalue weighted by Gasteiger charge is 2.96. The summed E-state index contributed by atoms with van der Waals surface area (Å²) in [5, 5.41) is 0. The molecule has 9 rings (SSSR count). The van der Waals surface area contributed by atoms with Gasteiger partial charge in [0.05, 0.1) is 11.2 Å². The Labute approximate surface area is 360 Å². The van der Waals surface area contributed by atoms with Gasteiger partial charge in [-0.15, -0.1) is 0 Å². The van der Waals surface area contributed by atoms with E-state index >= 15 is 0 Å². The number of ether oxygens (including phenoxy) is 1. The lowest BCUT2D eigenvalue weighted by molar-refractivity contribution is -0.0867. The molecule has 4 saturated heterocycles. The van der Waals surface area contributed by atoms with Gasteiger partial charge in [-0.1, -0.05) is 168 Å². The van der Waals surface area contributed by atoms with Crippen LogP contribution < -0.4 is 0 Å². The molecule has 5 saturated carbocycles. The van der Waals surface area contributed by atoms with Crippen molar-refractivity contribution in [2.45, 2.75) is 211 Å². The summed E-state index contributed by atoms with van der Waals surface area (Å²) in [5.74, 6) is 8.04. The van der Waals surface area contributed by atoms with Gasteiger partial charge >= 0.3 is 0 Å². The third-order valence-corrected chi connectivity index (χ3v) is 18.9. The van der Waals surface area contributed by atoms with Crippen LogP contribution in [0.2, 0.25) is 0 Å². The minimum absolute atomic E-state index is 0.283. The predicted molar refractivity (Wildman–Crippen MR) is 245 cm³/mol. The largest absolute Gasteiger partial charge is 0.367 e. The van der Waals surface area contributed by atoms with Gasteiger partial charge in [0.1, 0.15) is 0 Å². The Hall–Kier alpha value is -0.200. The predicted octanol–water partition coefficient (Wildman–Crippen LogP) is 12.1. The molecule has 0 aromatic rings. The molecule has 4 aliphatic heterocycles. The highest BCUT2D eigenvalue weighted by Crippen LogP contribution is 2.94. The van der Waals surface area contributed by atoms with E-state index in [0.29, 0.717) is 0 Å². The van der Waals surface area contributed by atoms with E-state index in [1.165, 1.54) is 258 Å². The number of unbranched alkanes of at least 4 members (excludes halogenated alkanes) is 24. The van der Waals surface area contributed by atoms with Crippen molar-refractivity contribution < 1.29 is 4.74 Å². The molecule has 5 nitrogen and oxygen atoms in total. The van der Waals surface area contributed by atoms with Crippen LogP contribution in [-0.2, 0) is 4.74 Å². The Morgan fingerprint density at radius 3 is 0.931 bits per heavy atom. The van der Waals surface area contributed by atoms with Crippen LogP contribution in [0.1, 0.15) is 200 Å². The average molecular weight is 805 g/mol. The van der Waals surface area contributed by atoms with E-state index in [1.807, 2.05) is 0 Å². The lowest BCUT2D eigenvalue weighted by Crippen LogP contribution is -2.54. The van der Waals surface area contributed by atoms with Crippen LogP contribution in [0.15, 0.2) is 0 Å². The molecule has 10 atom stereocenters. The fourth-order valence-corrected chi connectivity index (χ4v) is 16.1. The summed E-state index contributed by atoms with van der Waals surface area (Å²) in [6, 6.07) is 0. The SMILES string of the molecule is CCCCCCCCCCCCCCCN1CCN(CCC23OC4(CCN5CCN(CCCCCCCCCCCCCCC)CC5)C5C6CC(C7C6C4C72)C53)CC1. The molecule has 0 N–H and O–H groups in total. The third-order valence-electron chi connectivity index (χ3n) is 18.9. The maximum absolute atomic E-state index is 7.75. The molecule has 0 aromatic carbocycles. The van der Waals surface area contributed by atoms with E-state index in [2.05, 4.69) is 33.4 Å². The van der Waals surface area contributed by atoms with Crippen LogP contribution in [-0.4, -0.2) is 109 Å². The second-order valence-corrected chi connectivity index (χ2v) is 22.2. The van der Waals surface area contributed by atoms with E-state index in [4.69, 9.17) is 4.74 Å². The highest BCUT2D eigenvalue weighted by molar-refractivity contribution is 5.43. The van der Waals surface area contributed by atoms with Crippen molar-refractivity contribution in [3.63, 3.8) is 0 Å². The first kappa shape index (κ1) is 44.4. The first-order valence-electron chi connectivity index (χ1n) is 27.3. The summed E-state index contributed by atoms with van der Waals surface area (Å²) >= 11 is 0. The minimum Gasteiger partial charge on any atom is -0.367 e. The number of nitrogens with zero attached hydrogens (tertiary/aromatic N) is 4. The first-order valence-corrected chi connectivity index (χ1v) is 27.3. The normalized spacial score (nSPS) is 36.1. The van der Waals surface area contributed by atoms with Gasteiger partial charge in [0.2, 0.25) is 0 Å². The van der Waals surface area contributed by atoms with Gasteiger partial charge in [-0.2, -0.15) is 0 Å². The molecule has 5 heteroatoms. The fourth-order valence-electron chi connectivity index (χ4n) is 16.1. The molecule has 9 fully saturated rings. The summed E-state index contributed by atoms with van der Waals surface area (Å²) < 4.78 is 7.75. The van der Waals surface area contributed by atoms with Crippen LogP contribution in [0.25, 0.3) is 0 Å². The minimum atomic E-state index is 0.283. The van der Waals surface area contributed by atoms with Crippen LogP contribution in [0.3, 0.4) is 0 Å². The van der Waals surface area contributed by atoms with E-state index in [-0.39, 0.29) is 11.2 Å². The lowest BCUT2D eigenvalue weighted by Gasteiger charge is -2.48. The van der Waals surface area contributed by atoms with Crippen molar-refractivity contribution in [1.29, 1.82) is 0 Å². The zero-order valence-corrected chi connectivity index (χ0v) is 38.8. The molecular formula is C53H96N4O. The number of rotatable bonds is 34. The Kier molecular flexibility index (Phi) is 16.8. The lowest BCUT2D eigenvalue weighted by atomic mass is 9.54. The van der Waals surface area contributed by atoms with Gasteiger partial charge in [-0.3, -0.25) is 0 Å². The summed E-state index contributed by atoms with van der Waals surface area (Å²) in [5.41, 5.74) is 0.565. The van der Waals surface area contributed by atoms with Gasteiger partial charge in [-0.25, -0.2) is 0 Å². The van der Waals surface area contributed by atoms with Crippen molar-refractivity contribution in [2.24, 2.45) is 47.3 Å². The van der Waals surface area contributed by atoms with Gasteiger partial charge in [-0.05, 0) is 92.5 Å². The topological polar surface area (TPSA) is 22.2 Å². The first-order chi connectivity index (χ1) is 28.7. The molecule has 4 heterocycles. The summed E-state index contributed by atoms with van der Waals surface area (Å²) in [6.45, 7) is 20.3. The third kappa shape index (κ3) is 9.65. The van der Waals surface area contributed by atoms with E-state index in [0.717, 1.165) is 47.3 Å². The Bertz CT molecular complexity index is 1090. The maximum atomic E-state index is 7.75. The van der Waals surface area contributed by atoms with Crippen molar-refractivity contribution in [1.82, 2.24) is 19.6 Å². The summed E-state index contributed by atoms with van der Waals surface area (Å²) in [7, 11) is 0. The monoisotopic (exact) mass is 805 g/mol. The summed E-state index contributed by atoms with van der Waals surface area (Å²) in [6.07, 6.45) is 42.2. The van der Waals surface area contributed by atoms with Gasteiger partial charge in [0, 0.05) is 65.4 Å². The van der Waals surface area contributed by atoms with Gasteiger partial charge in [0.25, 0.3) is 0 Å². The smallest absolute Gasteiger partial charge is 0.0771 e. The molecule has 0 aromatic heterocycles. The van der Waals surface area contributed by atoms with E-state index in [1.54, 1.807) is 6.42 Å². The van der Waals surface area contributed by atoms with Crippen molar-refractivity contribution in [3.8, 4) is 0 Å². The molecule has 4 bridgehead atoms. The molecule has 0 radical (unpaired) electrons. The maximum Gasteiger partial charge on any atom is 0.0771 e. The van der Waals surface area contributed by atoms with Crippen LogP contribution in [0.4, 0.5) is 0 Å². The zero-order valence-electron chi connectivity index (χ0n) is 38.8. The summed E-state index contributed by atoms with van der Waals surface area (Å²) in [4.78, 5) is 11.3. The van der Waals surface area contributed by atoms with Crippen molar-refractivity contribution >= 4 is 0 Å². The van der Waals surface area contributed by atoms with Gasteiger partial charge < -0.3 is 24.3 Å². The van der Waals surface area contributed by atoms with Gasteiger partial charge in [0.15, 0.2) is 0 Å². The Morgan fingerprint density at radius 1 is 0.345 bits per heavy atom. The standard InChI is InChI=1S/C53H96N4O/c1-3-5-7-9-11-13-15-17-19-21-23-25-27-31-54-35-39-56(40-36-54)33-29-52-48-44-43-45-47-46(44)50(52)51(47)53(58-52,49(45)48)30-34-57-41-37-55(38-42-57)32-28-26-24-22-20-18-16-14-12-10-8-6-4-2/h44-51H,3-43H2,1-2H3. The Morgan fingerprint density at radius 2 is 0.621 bits per heavy atom. The van der Waals surface area contributed by atoms with Crippen LogP contribution in [0.5, 0.6) is 0 Å². The molecule has 10 unspecified atom stereocenters. The average Bonchev–Trinajstić information content (AvgIpc) is 3.94. The van der Waals surface area contributed by atoms with E-state index in [9.17, 15) is 0 Å². The molecule has 0 amide bonds. The molecule has 9 aliphatic rings. The quantitative estimate of drug-likeness (QED) is 0.0603. The Balaban J connectivity index is 0.667. The second-order valence-electron chi connectivity index (χ2n) is 22.2. The number of hydrogen-bond acceptors (Lipinski definition) is 5. The number of hydrogen-bond donors (Lipinski definition) is 0. The number of piperazine rings is 2. The van der Waals surface area contributed by atoms with Crippen molar-refractivity contribution in [3.05, 3.63) is 0 Å². The van der Waals surface area contributed by atoms with E-state index < -0.39 is 0 Å². The second kappa shape index (κ2) is 21.9. The molecule has 58 heavy (non-hydrogen) atoms. The van der Waals surface area contributed by atoms with Crippen LogP contribution in [0, 0.1) is 47.3 Å². The molecule has 0 spiro atoms. The fraction of sp³-hybridized carbons (Fsp3) is 1.00. The van der Waals surface area contributed by atoms with Crippen LogP contribution >= 0.6 is 0 Å². The van der Waals surface area contributed by atoms with Crippen molar-refractivity contribution in [2.75, 3.05) is 78.5 Å². The molecular weight excluding hydrogens is 709 g/mol. The highest BCUT2D eigenvalue weighted by atomic mass is 16.5. The molecule has 5 aliphatic carbocycles. The zero-order chi connectivity index (χ0) is 39.6.